The van der Waals surface area contributed by atoms with Gasteiger partial charge in [-0.2, -0.15) is 5.10 Å². The standard InChI is InChI=1S/C18H23N3O4S/c1-3-20-11-16(10-19-20)17-13-26(23,24)9-8-21(17)18(22)15-6-4-14(5-7-15)12-25-2/h4-7,10-11,17H,3,8-9,12-13H2,1-2H3/t17-/m1/s1. The average Bonchev–Trinajstić information content (AvgIpc) is 3.10. The Labute approximate surface area is 153 Å². The largest absolute Gasteiger partial charge is 0.380 e. The maximum Gasteiger partial charge on any atom is 0.254 e. The van der Waals surface area contributed by atoms with Gasteiger partial charge < -0.3 is 9.64 Å². The Bertz CT molecular complexity index is 874. The molecule has 1 atom stereocenters. The van der Waals surface area contributed by atoms with E-state index in [1.54, 1.807) is 35.0 Å². The first-order chi connectivity index (χ1) is 12.4. The SMILES string of the molecule is CCn1cc([C@H]2CS(=O)(=O)CCN2C(=O)c2ccc(COC)cc2)cn1. The number of nitrogens with zero attached hydrogens (tertiary/aromatic N) is 3. The minimum atomic E-state index is -3.19. The van der Waals surface area contributed by atoms with E-state index in [-0.39, 0.29) is 24.0 Å². The fraction of sp³-hybridized carbons (Fsp3) is 0.444. The fourth-order valence-electron chi connectivity index (χ4n) is 3.13. The minimum Gasteiger partial charge on any atom is -0.380 e. The van der Waals surface area contributed by atoms with Gasteiger partial charge in [0.2, 0.25) is 0 Å². The Morgan fingerprint density at radius 1 is 1.31 bits per heavy atom. The van der Waals surface area contributed by atoms with Gasteiger partial charge in [-0.05, 0) is 24.6 Å². The zero-order chi connectivity index (χ0) is 18.7. The Morgan fingerprint density at radius 2 is 2.04 bits per heavy atom. The van der Waals surface area contributed by atoms with Crippen LogP contribution in [0.25, 0.3) is 0 Å². The minimum absolute atomic E-state index is 0.0150. The predicted octanol–water partition coefficient (Wildman–Crippen LogP) is 1.66. The number of carbonyl (C=O) groups is 1. The molecule has 3 rings (SSSR count). The van der Waals surface area contributed by atoms with Gasteiger partial charge >= 0.3 is 0 Å². The monoisotopic (exact) mass is 377 g/mol. The smallest absolute Gasteiger partial charge is 0.254 e. The molecule has 1 amide bonds. The molecule has 8 heteroatoms. The first kappa shape index (κ1) is 18.6. The zero-order valence-corrected chi connectivity index (χ0v) is 15.8. The molecule has 0 saturated carbocycles. The van der Waals surface area contributed by atoms with E-state index in [1.165, 1.54) is 0 Å². The fourth-order valence-corrected chi connectivity index (χ4v) is 4.62. The lowest BCUT2D eigenvalue weighted by molar-refractivity contribution is 0.0697. The van der Waals surface area contributed by atoms with Crippen LogP contribution in [0, 0.1) is 0 Å². The lowest BCUT2D eigenvalue weighted by Gasteiger charge is -2.35. The third-order valence-corrected chi connectivity index (χ3v) is 6.19. The van der Waals surface area contributed by atoms with Crippen molar-refractivity contribution in [2.24, 2.45) is 0 Å². The number of hydrogen-bond donors (Lipinski definition) is 0. The van der Waals surface area contributed by atoms with Crippen molar-refractivity contribution < 1.29 is 17.9 Å². The van der Waals surface area contributed by atoms with Crippen molar-refractivity contribution in [2.75, 3.05) is 25.2 Å². The highest BCUT2D eigenvalue weighted by molar-refractivity contribution is 7.91. The molecule has 0 bridgehead atoms. The Hall–Kier alpha value is -2.19. The van der Waals surface area contributed by atoms with E-state index < -0.39 is 15.9 Å². The molecule has 0 radical (unpaired) electrons. The quantitative estimate of drug-likeness (QED) is 0.792. The molecular weight excluding hydrogens is 354 g/mol. The molecule has 0 spiro atoms. The number of rotatable bonds is 5. The molecule has 1 saturated heterocycles. The van der Waals surface area contributed by atoms with E-state index in [4.69, 9.17) is 4.74 Å². The maximum absolute atomic E-state index is 13.0. The third kappa shape index (κ3) is 3.96. The molecule has 2 heterocycles. The number of methoxy groups -OCH3 is 1. The Morgan fingerprint density at radius 3 is 2.65 bits per heavy atom. The van der Waals surface area contributed by atoms with Crippen LogP contribution in [0.15, 0.2) is 36.7 Å². The summed E-state index contributed by atoms with van der Waals surface area (Å²) in [6, 6.07) is 6.70. The molecule has 140 valence electrons. The van der Waals surface area contributed by atoms with Crippen LogP contribution in [-0.4, -0.2) is 54.2 Å². The highest BCUT2D eigenvalue weighted by Gasteiger charge is 2.36. The van der Waals surface area contributed by atoms with Crippen molar-refractivity contribution in [1.29, 1.82) is 0 Å². The van der Waals surface area contributed by atoms with E-state index in [2.05, 4.69) is 5.10 Å². The predicted molar refractivity (Wildman–Crippen MR) is 97.5 cm³/mol. The van der Waals surface area contributed by atoms with Crippen LogP contribution < -0.4 is 0 Å². The van der Waals surface area contributed by atoms with E-state index in [9.17, 15) is 13.2 Å². The summed E-state index contributed by atoms with van der Waals surface area (Å²) >= 11 is 0. The summed E-state index contributed by atoms with van der Waals surface area (Å²) in [6.07, 6.45) is 3.46. The number of aromatic nitrogens is 2. The van der Waals surface area contributed by atoms with Crippen LogP contribution in [-0.2, 0) is 27.7 Å². The van der Waals surface area contributed by atoms with Crippen LogP contribution in [0.2, 0.25) is 0 Å². The van der Waals surface area contributed by atoms with Crippen molar-refractivity contribution in [3.8, 4) is 0 Å². The van der Waals surface area contributed by atoms with Crippen molar-refractivity contribution in [1.82, 2.24) is 14.7 Å². The number of benzene rings is 1. The molecule has 0 unspecified atom stereocenters. The molecule has 1 aliphatic rings. The molecule has 1 aliphatic heterocycles. The molecule has 26 heavy (non-hydrogen) atoms. The lowest BCUT2D eigenvalue weighted by atomic mass is 10.1. The van der Waals surface area contributed by atoms with E-state index in [0.717, 1.165) is 11.1 Å². The lowest BCUT2D eigenvalue weighted by Crippen LogP contribution is -2.46. The second kappa shape index (κ2) is 7.59. The molecule has 7 nitrogen and oxygen atoms in total. The van der Waals surface area contributed by atoms with Crippen LogP contribution in [0.5, 0.6) is 0 Å². The summed E-state index contributed by atoms with van der Waals surface area (Å²) in [6.45, 7) is 3.31. The van der Waals surface area contributed by atoms with Crippen LogP contribution in [0.1, 0.15) is 34.5 Å². The number of aryl methyl sites for hydroxylation is 1. The summed E-state index contributed by atoms with van der Waals surface area (Å²) < 4.78 is 31.1. The molecule has 1 aromatic heterocycles. The van der Waals surface area contributed by atoms with Crippen molar-refractivity contribution in [2.45, 2.75) is 26.1 Å². The van der Waals surface area contributed by atoms with Crippen molar-refractivity contribution >= 4 is 15.7 Å². The molecule has 2 aromatic rings. The van der Waals surface area contributed by atoms with Gasteiger partial charge in [0, 0.05) is 37.5 Å². The first-order valence-corrected chi connectivity index (χ1v) is 10.4. The van der Waals surface area contributed by atoms with Gasteiger partial charge in [-0.15, -0.1) is 0 Å². The number of hydrogen-bond acceptors (Lipinski definition) is 5. The van der Waals surface area contributed by atoms with E-state index in [1.807, 2.05) is 25.3 Å². The van der Waals surface area contributed by atoms with Gasteiger partial charge in [-0.3, -0.25) is 9.48 Å². The molecule has 0 aliphatic carbocycles. The second-order valence-corrected chi connectivity index (χ2v) is 8.62. The second-order valence-electron chi connectivity index (χ2n) is 6.39. The van der Waals surface area contributed by atoms with Gasteiger partial charge in [0.15, 0.2) is 9.84 Å². The highest BCUT2D eigenvalue weighted by Crippen LogP contribution is 2.28. The first-order valence-electron chi connectivity index (χ1n) is 8.55. The summed E-state index contributed by atoms with van der Waals surface area (Å²) in [7, 11) is -1.57. The number of amides is 1. The number of ether oxygens (including phenoxy) is 1. The molecule has 1 fully saturated rings. The highest BCUT2D eigenvalue weighted by atomic mass is 32.2. The number of carbonyl (C=O) groups excluding carboxylic acids is 1. The summed E-state index contributed by atoms with van der Waals surface area (Å²) in [5.41, 5.74) is 2.27. The summed E-state index contributed by atoms with van der Waals surface area (Å²) in [5.74, 6) is -0.257. The zero-order valence-electron chi connectivity index (χ0n) is 15.0. The average molecular weight is 377 g/mol. The van der Waals surface area contributed by atoms with Crippen LogP contribution in [0.4, 0.5) is 0 Å². The summed E-state index contributed by atoms with van der Waals surface area (Å²) in [4.78, 5) is 14.7. The van der Waals surface area contributed by atoms with E-state index in [0.29, 0.717) is 18.7 Å². The molecular formula is C18H23N3O4S. The summed E-state index contributed by atoms with van der Waals surface area (Å²) in [5, 5.41) is 4.23. The third-order valence-electron chi connectivity index (χ3n) is 4.57. The van der Waals surface area contributed by atoms with Crippen molar-refractivity contribution in [3.05, 3.63) is 53.3 Å². The van der Waals surface area contributed by atoms with Gasteiger partial charge in [-0.25, -0.2) is 8.42 Å². The van der Waals surface area contributed by atoms with E-state index >= 15 is 0 Å². The Kier molecular flexibility index (Phi) is 5.43. The molecule has 1 aromatic carbocycles. The van der Waals surface area contributed by atoms with Crippen molar-refractivity contribution in [3.63, 3.8) is 0 Å². The van der Waals surface area contributed by atoms with Crippen LogP contribution >= 0.6 is 0 Å². The molecule has 0 N–H and O–H groups in total. The Balaban J connectivity index is 1.88. The topological polar surface area (TPSA) is 81.5 Å². The van der Waals surface area contributed by atoms with Gasteiger partial charge in [0.05, 0.1) is 30.4 Å². The maximum atomic E-state index is 13.0. The number of sulfone groups is 1. The van der Waals surface area contributed by atoms with Gasteiger partial charge in [0.1, 0.15) is 0 Å². The van der Waals surface area contributed by atoms with Gasteiger partial charge in [0.25, 0.3) is 5.91 Å². The normalized spacial score (nSPS) is 19.5. The van der Waals surface area contributed by atoms with Crippen LogP contribution in [0.3, 0.4) is 0 Å². The van der Waals surface area contributed by atoms with Gasteiger partial charge in [-0.1, -0.05) is 12.1 Å².